The number of nitrogens with zero attached hydrogens (tertiary/aromatic N) is 1. The highest BCUT2D eigenvalue weighted by atomic mass is 16.5. The summed E-state index contributed by atoms with van der Waals surface area (Å²) in [6.45, 7) is 4.61. The number of amides is 1. The highest BCUT2D eigenvalue weighted by molar-refractivity contribution is 5.97. The molecule has 1 unspecified atom stereocenters. The van der Waals surface area contributed by atoms with Crippen LogP contribution < -0.4 is 14.8 Å². The summed E-state index contributed by atoms with van der Waals surface area (Å²) in [5, 5.41) is 3.36. The molecule has 0 spiro atoms. The number of benzene rings is 1. The molecule has 1 fully saturated rings. The zero-order chi connectivity index (χ0) is 15.2. The van der Waals surface area contributed by atoms with Gasteiger partial charge in [-0.2, -0.15) is 0 Å². The smallest absolute Gasteiger partial charge is 0.257 e. The molecule has 1 saturated heterocycles. The van der Waals surface area contributed by atoms with Gasteiger partial charge in [0.1, 0.15) is 11.5 Å². The van der Waals surface area contributed by atoms with E-state index in [1.54, 1.807) is 32.4 Å². The Hall–Kier alpha value is -1.75. The van der Waals surface area contributed by atoms with Crippen LogP contribution >= 0.6 is 0 Å². The van der Waals surface area contributed by atoms with Crippen molar-refractivity contribution in [3.63, 3.8) is 0 Å². The fraction of sp³-hybridized carbons (Fsp3) is 0.562. The molecule has 2 rings (SSSR count). The molecule has 5 nitrogen and oxygen atoms in total. The Kier molecular flexibility index (Phi) is 5.44. The first-order valence-corrected chi connectivity index (χ1v) is 7.45. The normalized spacial score (nSPS) is 18.1. The van der Waals surface area contributed by atoms with Crippen LogP contribution in [0.1, 0.15) is 30.1 Å². The molecular weight excluding hydrogens is 268 g/mol. The van der Waals surface area contributed by atoms with Gasteiger partial charge in [-0.05, 0) is 38.4 Å². The van der Waals surface area contributed by atoms with Gasteiger partial charge in [0.25, 0.3) is 5.91 Å². The van der Waals surface area contributed by atoms with Crippen molar-refractivity contribution in [3.05, 3.63) is 23.8 Å². The maximum Gasteiger partial charge on any atom is 0.257 e. The first kappa shape index (κ1) is 15.6. The molecule has 1 amide bonds. The summed E-state index contributed by atoms with van der Waals surface area (Å²) in [4.78, 5) is 14.8. The number of piperidine rings is 1. The number of ether oxygens (including phenoxy) is 2. The summed E-state index contributed by atoms with van der Waals surface area (Å²) in [7, 11) is 3.17. The van der Waals surface area contributed by atoms with Crippen LogP contribution in [0, 0.1) is 0 Å². The third-order valence-electron chi connectivity index (χ3n) is 3.95. The number of hydrogen-bond acceptors (Lipinski definition) is 4. The first-order chi connectivity index (χ1) is 10.2. The van der Waals surface area contributed by atoms with Crippen molar-refractivity contribution < 1.29 is 14.3 Å². The van der Waals surface area contributed by atoms with Crippen LogP contribution in [0.5, 0.6) is 11.5 Å². The van der Waals surface area contributed by atoms with Gasteiger partial charge in [0.05, 0.1) is 19.8 Å². The molecule has 116 valence electrons. The number of carbonyl (C=O) groups excluding carboxylic acids is 1. The summed E-state index contributed by atoms with van der Waals surface area (Å²) < 4.78 is 10.5. The largest absolute Gasteiger partial charge is 0.497 e. The van der Waals surface area contributed by atoms with Crippen molar-refractivity contribution in [2.75, 3.05) is 33.9 Å². The minimum Gasteiger partial charge on any atom is -0.497 e. The van der Waals surface area contributed by atoms with E-state index in [1.165, 1.54) is 0 Å². The van der Waals surface area contributed by atoms with Crippen LogP contribution in [0.2, 0.25) is 0 Å². The van der Waals surface area contributed by atoms with Crippen molar-refractivity contribution in [2.45, 2.75) is 25.8 Å². The molecule has 1 aliphatic heterocycles. The fourth-order valence-electron chi connectivity index (χ4n) is 2.80. The number of nitrogens with one attached hydrogen (secondary N) is 1. The van der Waals surface area contributed by atoms with Crippen LogP contribution in [0.3, 0.4) is 0 Å². The minimum atomic E-state index is 0.0192. The van der Waals surface area contributed by atoms with Gasteiger partial charge in [0.2, 0.25) is 0 Å². The van der Waals surface area contributed by atoms with E-state index in [0.29, 0.717) is 23.6 Å². The second-order valence-corrected chi connectivity index (χ2v) is 5.16. The molecular formula is C16H24N2O3. The SMILES string of the molecule is CCN(C(=O)c1ccc(OC)cc1OC)C1CCCNC1. The zero-order valence-corrected chi connectivity index (χ0v) is 13.0. The monoisotopic (exact) mass is 292 g/mol. The molecule has 0 aromatic heterocycles. The molecule has 0 saturated carbocycles. The standard InChI is InChI=1S/C16H24N2O3/c1-4-18(12-6-5-9-17-11-12)16(19)14-8-7-13(20-2)10-15(14)21-3/h7-8,10,12,17H,4-6,9,11H2,1-3H3. The maximum atomic E-state index is 12.8. The van der Waals surface area contributed by atoms with Gasteiger partial charge < -0.3 is 19.7 Å². The Morgan fingerprint density at radius 3 is 2.76 bits per heavy atom. The highest BCUT2D eigenvalue weighted by Crippen LogP contribution is 2.26. The highest BCUT2D eigenvalue weighted by Gasteiger charge is 2.26. The summed E-state index contributed by atoms with van der Waals surface area (Å²) >= 11 is 0. The molecule has 1 aromatic rings. The molecule has 0 bridgehead atoms. The van der Waals surface area contributed by atoms with Crippen molar-refractivity contribution in [1.29, 1.82) is 0 Å². The number of likely N-dealkylation sites (N-methyl/N-ethyl adjacent to an activating group) is 1. The second-order valence-electron chi connectivity index (χ2n) is 5.16. The lowest BCUT2D eigenvalue weighted by molar-refractivity contribution is 0.0658. The summed E-state index contributed by atoms with van der Waals surface area (Å²) in [5.74, 6) is 1.26. The predicted octanol–water partition coefficient (Wildman–Crippen LogP) is 1.92. The molecule has 0 radical (unpaired) electrons. The molecule has 1 N–H and O–H groups in total. The first-order valence-electron chi connectivity index (χ1n) is 7.45. The topological polar surface area (TPSA) is 50.8 Å². The lowest BCUT2D eigenvalue weighted by Crippen LogP contribution is -2.48. The summed E-state index contributed by atoms with van der Waals surface area (Å²) in [5.41, 5.74) is 0.589. The average molecular weight is 292 g/mol. The maximum absolute atomic E-state index is 12.8. The van der Waals surface area contributed by atoms with E-state index in [0.717, 1.165) is 25.9 Å². The van der Waals surface area contributed by atoms with E-state index in [-0.39, 0.29) is 11.9 Å². The quantitative estimate of drug-likeness (QED) is 0.901. The Balaban J connectivity index is 2.24. The van der Waals surface area contributed by atoms with E-state index in [9.17, 15) is 4.79 Å². The molecule has 1 aliphatic rings. The molecule has 21 heavy (non-hydrogen) atoms. The second kappa shape index (κ2) is 7.31. The van der Waals surface area contributed by atoms with E-state index < -0.39 is 0 Å². The van der Waals surface area contributed by atoms with Gasteiger partial charge in [0.15, 0.2) is 0 Å². The van der Waals surface area contributed by atoms with Crippen LogP contribution in [0.15, 0.2) is 18.2 Å². The van der Waals surface area contributed by atoms with E-state index in [1.807, 2.05) is 11.8 Å². The van der Waals surface area contributed by atoms with Crippen LogP contribution in [-0.4, -0.2) is 50.7 Å². The Labute approximate surface area is 126 Å². The van der Waals surface area contributed by atoms with Crippen LogP contribution in [0.4, 0.5) is 0 Å². The van der Waals surface area contributed by atoms with Gasteiger partial charge >= 0.3 is 0 Å². The Bertz CT molecular complexity index is 484. The fourth-order valence-corrected chi connectivity index (χ4v) is 2.80. The molecule has 0 aliphatic carbocycles. The number of hydrogen-bond donors (Lipinski definition) is 1. The third-order valence-corrected chi connectivity index (χ3v) is 3.95. The third kappa shape index (κ3) is 3.47. The van der Waals surface area contributed by atoms with E-state index >= 15 is 0 Å². The van der Waals surface area contributed by atoms with Crippen LogP contribution in [-0.2, 0) is 0 Å². The van der Waals surface area contributed by atoms with Gasteiger partial charge in [-0.15, -0.1) is 0 Å². The molecule has 1 atom stereocenters. The zero-order valence-electron chi connectivity index (χ0n) is 13.0. The number of carbonyl (C=O) groups is 1. The van der Waals surface area contributed by atoms with Crippen molar-refractivity contribution >= 4 is 5.91 Å². The number of rotatable bonds is 5. The summed E-state index contributed by atoms with van der Waals surface area (Å²) in [6.07, 6.45) is 2.15. The lowest BCUT2D eigenvalue weighted by atomic mass is 10.0. The minimum absolute atomic E-state index is 0.0192. The van der Waals surface area contributed by atoms with E-state index in [4.69, 9.17) is 9.47 Å². The van der Waals surface area contributed by atoms with Gasteiger partial charge in [-0.25, -0.2) is 0 Å². The Morgan fingerprint density at radius 1 is 1.38 bits per heavy atom. The van der Waals surface area contributed by atoms with Gasteiger partial charge in [-0.1, -0.05) is 0 Å². The predicted molar refractivity (Wildman–Crippen MR) is 82.1 cm³/mol. The number of methoxy groups -OCH3 is 2. The van der Waals surface area contributed by atoms with Gasteiger partial charge in [0, 0.05) is 25.2 Å². The van der Waals surface area contributed by atoms with Crippen molar-refractivity contribution in [3.8, 4) is 11.5 Å². The van der Waals surface area contributed by atoms with Crippen molar-refractivity contribution in [2.24, 2.45) is 0 Å². The van der Waals surface area contributed by atoms with Gasteiger partial charge in [-0.3, -0.25) is 4.79 Å². The lowest BCUT2D eigenvalue weighted by Gasteiger charge is -2.34. The van der Waals surface area contributed by atoms with Crippen LogP contribution in [0.25, 0.3) is 0 Å². The molecule has 1 heterocycles. The average Bonchev–Trinajstić information content (AvgIpc) is 2.55. The molecule has 1 aromatic carbocycles. The van der Waals surface area contributed by atoms with E-state index in [2.05, 4.69) is 5.32 Å². The van der Waals surface area contributed by atoms with Crippen molar-refractivity contribution in [1.82, 2.24) is 10.2 Å². The summed E-state index contributed by atoms with van der Waals surface area (Å²) in [6, 6.07) is 5.57. The Morgan fingerprint density at radius 2 is 2.19 bits per heavy atom. The molecule has 5 heteroatoms.